The van der Waals surface area contributed by atoms with Crippen LogP contribution in [0.15, 0.2) is 48.5 Å². The van der Waals surface area contributed by atoms with Gasteiger partial charge < -0.3 is 14.9 Å². The van der Waals surface area contributed by atoms with Gasteiger partial charge in [-0.15, -0.1) is 0 Å². The molecule has 2 aromatic carbocycles. The summed E-state index contributed by atoms with van der Waals surface area (Å²) in [7, 11) is 0. The van der Waals surface area contributed by atoms with Gasteiger partial charge in [0, 0.05) is 0 Å². The van der Waals surface area contributed by atoms with Gasteiger partial charge in [-0.2, -0.15) is 13.2 Å². The second-order valence-corrected chi connectivity index (χ2v) is 4.44. The van der Waals surface area contributed by atoms with Crippen molar-refractivity contribution in [2.45, 2.75) is 12.3 Å². The number of halogens is 3. The predicted octanol–water partition coefficient (Wildman–Crippen LogP) is 3.52. The molecule has 0 saturated carbocycles. The molecule has 0 aliphatic heterocycles. The van der Waals surface area contributed by atoms with Crippen LogP contribution in [-0.4, -0.2) is 16.8 Å². The molecule has 21 heavy (non-hydrogen) atoms. The second-order valence-electron chi connectivity index (χ2n) is 4.44. The molecule has 0 aliphatic carbocycles. The van der Waals surface area contributed by atoms with Gasteiger partial charge in [-0.25, -0.2) is 0 Å². The number of alkyl halides is 3. The number of aromatic hydroxyl groups is 1. The van der Waals surface area contributed by atoms with E-state index in [2.05, 4.69) is 0 Å². The number of ether oxygens (including phenoxy) is 1. The van der Waals surface area contributed by atoms with Crippen LogP contribution in [0, 0.1) is 0 Å². The molecular formula is C15H13F3O3. The minimum Gasteiger partial charge on any atom is -0.508 e. The number of phenols is 1. The zero-order chi connectivity index (χ0) is 15.5. The first-order chi connectivity index (χ1) is 9.86. The van der Waals surface area contributed by atoms with Crippen molar-refractivity contribution in [3.05, 3.63) is 59.7 Å². The fourth-order valence-corrected chi connectivity index (χ4v) is 1.74. The first kappa shape index (κ1) is 15.2. The molecule has 1 unspecified atom stereocenters. The SMILES string of the molecule is Oc1cccc(C(O)COc2ccc(C(F)(F)F)cc2)c1. The predicted molar refractivity (Wildman–Crippen MR) is 70.0 cm³/mol. The van der Waals surface area contributed by atoms with Gasteiger partial charge in [-0.1, -0.05) is 12.1 Å². The Balaban J connectivity index is 1.97. The number of rotatable bonds is 4. The minimum absolute atomic E-state index is 0.0149. The average molecular weight is 298 g/mol. The topological polar surface area (TPSA) is 49.7 Å². The van der Waals surface area contributed by atoms with Gasteiger partial charge in [0.05, 0.1) is 5.56 Å². The van der Waals surface area contributed by atoms with Gasteiger partial charge in [-0.05, 0) is 42.0 Å². The monoisotopic (exact) mass is 298 g/mol. The summed E-state index contributed by atoms with van der Waals surface area (Å²) in [5, 5.41) is 19.2. The van der Waals surface area contributed by atoms with E-state index in [1.165, 1.54) is 24.3 Å². The molecule has 0 spiro atoms. The molecule has 0 amide bonds. The highest BCUT2D eigenvalue weighted by Crippen LogP contribution is 2.30. The quantitative estimate of drug-likeness (QED) is 0.908. The van der Waals surface area contributed by atoms with Crippen LogP contribution >= 0.6 is 0 Å². The normalized spacial score (nSPS) is 13.0. The number of phenolic OH excluding ortho intramolecular Hbond substituents is 1. The van der Waals surface area contributed by atoms with Crippen molar-refractivity contribution in [2.75, 3.05) is 6.61 Å². The molecule has 112 valence electrons. The number of aliphatic hydroxyl groups is 1. The van der Waals surface area contributed by atoms with E-state index >= 15 is 0 Å². The minimum atomic E-state index is -4.39. The number of benzene rings is 2. The Hall–Kier alpha value is -2.21. The fourth-order valence-electron chi connectivity index (χ4n) is 1.74. The molecule has 1 atom stereocenters. The van der Waals surface area contributed by atoms with E-state index in [0.717, 1.165) is 12.1 Å². The van der Waals surface area contributed by atoms with Crippen molar-refractivity contribution in [2.24, 2.45) is 0 Å². The number of hydrogen-bond acceptors (Lipinski definition) is 3. The lowest BCUT2D eigenvalue weighted by Crippen LogP contribution is -2.10. The summed E-state index contributed by atoms with van der Waals surface area (Å²) in [5.74, 6) is 0.239. The molecule has 2 aromatic rings. The lowest BCUT2D eigenvalue weighted by Gasteiger charge is -2.13. The van der Waals surface area contributed by atoms with Crippen molar-refractivity contribution < 1.29 is 28.1 Å². The van der Waals surface area contributed by atoms with E-state index in [-0.39, 0.29) is 18.1 Å². The lowest BCUT2D eigenvalue weighted by atomic mass is 10.1. The Kier molecular flexibility index (Phi) is 4.37. The van der Waals surface area contributed by atoms with Crippen molar-refractivity contribution in [1.29, 1.82) is 0 Å². The first-order valence-electron chi connectivity index (χ1n) is 6.13. The molecule has 0 aromatic heterocycles. The van der Waals surface area contributed by atoms with Gasteiger partial charge in [0.1, 0.15) is 24.2 Å². The molecule has 0 radical (unpaired) electrons. The largest absolute Gasteiger partial charge is 0.508 e. The fraction of sp³-hybridized carbons (Fsp3) is 0.200. The van der Waals surface area contributed by atoms with Gasteiger partial charge in [0.15, 0.2) is 0 Å². The lowest BCUT2D eigenvalue weighted by molar-refractivity contribution is -0.137. The summed E-state index contributed by atoms with van der Waals surface area (Å²) in [6, 6.07) is 10.3. The van der Waals surface area contributed by atoms with E-state index in [1.54, 1.807) is 12.1 Å². The number of hydrogen-bond donors (Lipinski definition) is 2. The Morgan fingerprint density at radius 2 is 1.71 bits per heavy atom. The zero-order valence-electron chi connectivity index (χ0n) is 10.8. The van der Waals surface area contributed by atoms with Crippen LogP contribution in [-0.2, 0) is 6.18 Å². The van der Waals surface area contributed by atoms with Gasteiger partial charge in [-0.3, -0.25) is 0 Å². The van der Waals surface area contributed by atoms with Crippen molar-refractivity contribution in [3.63, 3.8) is 0 Å². The van der Waals surface area contributed by atoms with Crippen molar-refractivity contribution in [3.8, 4) is 11.5 Å². The third kappa shape index (κ3) is 4.13. The summed E-state index contributed by atoms with van der Waals surface area (Å²) < 4.78 is 42.4. The summed E-state index contributed by atoms with van der Waals surface area (Å²) >= 11 is 0. The summed E-state index contributed by atoms with van der Waals surface area (Å²) in [6.45, 7) is -0.130. The standard InChI is InChI=1S/C15H13F3O3/c16-15(17,18)11-4-6-13(7-5-11)21-9-14(20)10-2-1-3-12(19)8-10/h1-8,14,19-20H,9H2. The Morgan fingerprint density at radius 1 is 1.05 bits per heavy atom. The van der Waals surface area contributed by atoms with Gasteiger partial charge >= 0.3 is 6.18 Å². The van der Waals surface area contributed by atoms with Crippen LogP contribution < -0.4 is 4.74 Å². The maximum atomic E-state index is 12.4. The highest BCUT2D eigenvalue weighted by molar-refractivity contribution is 5.30. The second kappa shape index (κ2) is 6.05. The molecule has 2 rings (SSSR count). The van der Waals surface area contributed by atoms with Crippen molar-refractivity contribution >= 4 is 0 Å². The Labute approximate surface area is 119 Å². The van der Waals surface area contributed by atoms with Gasteiger partial charge in [0.2, 0.25) is 0 Å². The van der Waals surface area contributed by atoms with E-state index < -0.39 is 17.8 Å². The third-order valence-corrected chi connectivity index (χ3v) is 2.84. The smallest absolute Gasteiger partial charge is 0.416 e. The number of aliphatic hydroxyl groups excluding tert-OH is 1. The molecule has 0 bridgehead atoms. The highest BCUT2D eigenvalue weighted by Gasteiger charge is 2.30. The molecule has 0 saturated heterocycles. The van der Waals surface area contributed by atoms with Crippen LogP contribution in [0.1, 0.15) is 17.2 Å². The summed E-state index contributed by atoms with van der Waals surface area (Å²) in [4.78, 5) is 0. The molecule has 0 aliphatic rings. The van der Waals surface area contributed by atoms with Crippen LogP contribution in [0.25, 0.3) is 0 Å². The summed E-state index contributed by atoms with van der Waals surface area (Å²) in [5.41, 5.74) is -0.301. The van der Waals surface area contributed by atoms with E-state index in [1.807, 2.05) is 0 Å². The van der Waals surface area contributed by atoms with E-state index in [9.17, 15) is 23.4 Å². The van der Waals surface area contributed by atoms with Crippen molar-refractivity contribution in [1.82, 2.24) is 0 Å². The molecule has 6 heteroatoms. The Bertz CT molecular complexity index is 594. The Morgan fingerprint density at radius 3 is 2.29 bits per heavy atom. The molecule has 2 N–H and O–H groups in total. The third-order valence-electron chi connectivity index (χ3n) is 2.84. The summed E-state index contributed by atoms with van der Waals surface area (Å²) in [6.07, 6.45) is -5.38. The van der Waals surface area contributed by atoms with Crippen LogP contribution in [0.2, 0.25) is 0 Å². The van der Waals surface area contributed by atoms with Crippen LogP contribution in [0.4, 0.5) is 13.2 Å². The average Bonchev–Trinajstić information content (AvgIpc) is 2.44. The first-order valence-corrected chi connectivity index (χ1v) is 6.13. The van der Waals surface area contributed by atoms with Crippen LogP contribution in [0.3, 0.4) is 0 Å². The highest BCUT2D eigenvalue weighted by atomic mass is 19.4. The molecule has 0 heterocycles. The zero-order valence-corrected chi connectivity index (χ0v) is 10.8. The molecular weight excluding hydrogens is 285 g/mol. The van der Waals surface area contributed by atoms with Gasteiger partial charge in [0.25, 0.3) is 0 Å². The van der Waals surface area contributed by atoms with Crippen LogP contribution in [0.5, 0.6) is 11.5 Å². The maximum Gasteiger partial charge on any atom is 0.416 e. The van der Waals surface area contributed by atoms with E-state index in [0.29, 0.717) is 5.56 Å². The molecule has 0 fully saturated rings. The maximum absolute atomic E-state index is 12.4. The molecule has 3 nitrogen and oxygen atoms in total. The van der Waals surface area contributed by atoms with E-state index in [4.69, 9.17) is 4.74 Å².